The van der Waals surface area contributed by atoms with Crippen LogP contribution in [0.4, 0.5) is 10.6 Å². The number of pyridine rings is 1. The molecule has 0 bridgehead atoms. The van der Waals surface area contributed by atoms with Crippen molar-refractivity contribution in [3.05, 3.63) is 42.4 Å². The molecule has 0 saturated carbocycles. The van der Waals surface area contributed by atoms with Gasteiger partial charge < -0.3 is 10.4 Å². The molecule has 0 aliphatic heterocycles. The largest absolute Gasteiger partial charge is 0.396 e. The quantitative estimate of drug-likeness (QED) is 0.657. The van der Waals surface area contributed by atoms with Crippen LogP contribution in [-0.4, -0.2) is 39.1 Å². The number of aromatic nitrogens is 3. The second-order valence-corrected chi connectivity index (χ2v) is 5.70. The highest BCUT2D eigenvalue weighted by Gasteiger charge is 2.11. The van der Waals surface area contributed by atoms with Gasteiger partial charge in [-0.15, -0.1) is 0 Å². The Morgan fingerprint density at radius 1 is 1.29 bits per heavy atom. The average molecular weight is 331 g/mol. The molecule has 2 aromatic heterocycles. The molecule has 0 spiro atoms. The highest BCUT2D eigenvalue weighted by atomic mass is 16.3. The fraction of sp³-hybridized carbons (Fsp3) is 0.471. The van der Waals surface area contributed by atoms with Gasteiger partial charge in [0.1, 0.15) is 5.82 Å². The van der Waals surface area contributed by atoms with Gasteiger partial charge >= 0.3 is 6.03 Å². The van der Waals surface area contributed by atoms with E-state index in [9.17, 15) is 4.79 Å². The molecule has 130 valence electrons. The lowest BCUT2D eigenvalue weighted by molar-refractivity contribution is 0.236. The zero-order valence-electron chi connectivity index (χ0n) is 14.0. The summed E-state index contributed by atoms with van der Waals surface area (Å²) in [5, 5.41) is 19.0. The first kappa shape index (κ1) is 17.9. The molecule has 0 fully saturated rings. The van der Waals surface area contributed by atoms with E-state index in [0.29, 0.717) is 31.2 Å². The number of aliphatic hydroxyl groups excluding tert-OH is 1. The molecule has 3 N–H and O–H groups in total. The van der Waals surface area contributed by atoms with Crippen LogP contribution < -0.4 is 10.6 Å². The Morgan fingerprint density at radius 3 is 2.88 bits per heavy atom. The first-order valence-corrected chi connectivity index (χ1v) is 8.30. The Bertz CT molecular complexity index is 608. The standard InChI is InChI=1S/C17H25N5O2/c1-2-5-14(8-11-23)12-19-17(24)21-16-7-10-20-22(16)13-15-6-3-4-9-18-15/h3-4,6-7,9-10,14,23H,2,5,8,11-13H2,1H3,(H2,19,21,24). The molecule has 0 aliphatic carbocycles. The maximum atomic E-state index is 12.1. The first-order chi connectivity index (χ1) is 11.7. The molecule has 2 amide bonds. The van der Waals surface area contributed by atoms with Crippen molar-refractivity contribution >= 4 is 11.8 Å². The molecule has 0 aliphatic rings. The van der Waals surface area contributed by atoms with Crippen molar-refractivity contribution in [1.82, 2.24) is 20.1 Å². The van der Waals surface area contributed by atoms with E-state index in [-0.39, 0.29) is 12.6 Å². The van der Waals surface area contributed by atoms with E-state index < -0.39 is 0 Å². The van der Waals surface area contributed by atoms with E-state index in [1.54, 1.807) is 23.1 Å². The molecule has 2 heterocycles. The molecule has 0 radical (unpaired) electrons. The maximum absolute atomic E-state index is 12.1. The van der Waals surface area contributed by atoms with Gasteiger partial charge in [-0.2, -0.15) is 5.10 Å². The van der Waals surface area contributed by atoms with Crippen molar-refractivity contribution in [2.75, 3.05) is 18.5 Å². The summed E-state index contributed by atoms with van der Waals surface area (Å²) >= 11 is 0. The molecule has 7 heteroatoms. The fourth-order valence-corrected chi connectivity index (χ4v) is 2.55. The lowest BCUT2D eigenvalue weighted by atomic mass is 10.0. The summed E-state index contributed by atoms with van der Waals surface area (Å²) < 4.78 is 1.69. The van der Waals surface area contributed by atoms with Crippen LogP contribution in [0.25, 0.3) is 0 Å². The van der Waals surface area contributed by atoms with Crippen LogP contribution >= 0.6 is 0 Å². The van der Waals surface area contributed by atoms with Gasteiger partial charge in [0.2, 0.25) is 0 Å². The van der Waals surface area contributed by atoms with Gasteiger partial charge in [-0.05, 0) is 30.9 Å². The first-order valence-electron chi connectivity index (χ1n) is 8.30. The summed E-state index contributed by atoms with van der Waals surface area (Å²) in [6, 6.07) is 7.17. The summed E-state index contributed by atoms with van der Waals surface area (Å²) in [5.41, 5.74) is 0.871. The van der Waals surface area contributed by atoms with E-state index >= 15 is 0 Å². The Morgan fingerprint density at radius 2 is 2.17 bits per heavy atom. The number of nitrogens with zero attached hydrogens (tertiary/aromatic N) is 3. The Kier molecular flexibility index (Phi) is 7.22. The molecule has 2 rings (SSSR count). The van der Waals surface area contributed by atoms with Gasteiger partial charge in [0.25, 0.3) is 0 Å². The smallest absolute Gasteiger partial charge is 0.320 e. The Hall–Kier alpha value is -2.41. The maximum Gasteiger partial charge on any atom is 0.320 e. The number of urea groups is 1. The Balaban J connectivity index is 1.87. The predicted octanol–water partition coefficient (Wildman–Crippen LogP) is 2.25. The van der Waals surface area contributed by atoms with Gasteiger partial charge in [-0.1, -0.05) is 19.4 Å². The topological polar surface area (TPSA) is 92.1 Å². The molecule has 7 nitrogen and oxygen atoms in total. The fourth-order valence-electron chi connectivity index (χ4n) is 2.55. The van der Waals surface area contributed by atoms with Crippen LogP contribution in [0, 0.1) is 5.92 Å². The van der Waals surface area contributed by atoms with Crippen molar-refractivity contribution in [1.29, 1.82) is 0 Å². The molecule has 0 saturated heterocycles. The second-order valence-electron chi connectivity index (χ2n) is 5.70. The van der Waals surface area contributed by atoms with Gasteiger partial charge in [0.15, 0.2) is 0 Å². The SMILES string of the molecule is CCCC(CCO)CNC(=O)Nc1ccnn1Cc1ccccn1. The number of amides is 2. The van der Waals surface area contributed by atoms with Crippen LogP contribution in [-0.2, 0) is 6.54 Å². The average Bonchev–Trinajstić information content (AvgIpc) is 3.01. The highest BCUT2D eigenvalue weighted by Crippen LogP contribution is 2.11. The molecule has 1 unspecified atom stereocenters. The molecule has 24 heavy (non-hydrogen) atoms. The second kappa shape index (κ2) is 9.67. The number of carbonyl (C=O) groups is 1. The number of carbonyl (C=O) groups excluding carboxylic acids is 1. The number of rotatable bonds is 9. The van der Waals surface area contributed by atoms with Crippen LogP contribution in [0.15, 0.2) is 36.7 Å². The minimum Gasteiger partial charge on any atom is -0.396 e. The zero-order chi connectivity index (χ0) is 17.2. The lowest BCUT2D eigenvalue weighted by Gasteiger charge is -2.16. The molecular formula is C17H25N5O2. The van der Waals surface area contributed by atoms with Gasteiger partial charge in [0.05, 0.1) is 18.4 Å². The minimum absolute atomic E-state index is 0.144. The van der Waals surface area contributed by atoms with Crippen molar-refractivity contribution in [2.45, 2.75) is 32.7 Å². The normalized spacial score (nSPS) is 11.9. The number of anilines is 1. The number of nitrogens with one attached hydrogen (secondary N) is 2. The number of hydrogen-bond acceptors (Lipinski definition) is 4. The van der Waals surface area contributed by atoms with Gasteiger partial charge in [-0.3, -0.25) is 10.3 Å². The molecular weight excluding hydrogens is 306 g/mol. The zero-order valence-corrected chi connectivity index (χ0v) is 14.0. The number of hydrogen-bond donors (Lipinski definition) is 3. The summed E-state index contributed by atoms with van der Waals surface area (Å²) in [6.45, 7) is 3.28. The van der Waals surface area contributed by atoms with Crippen molar-refractivity contribution in [2.24, 2.45) is 5.92 Å². The Labute approximate surface area is 142 Å². The summed E-state index contributed by atoms with van der Waals surface area (Å²) in [5.74, 6) is 0.913. The molecule has 1 atom stereocenters. The molecule has 2 aromatic rings. The highest BCUT2D eigenvalue weighted by molar-refractivity contribution is 5.88. The number of aliphatic hydroxyl groups is 1. The summed E-state index contributed by atoms with van der Waals surface area (Å²) in [4.78, 5) is 16.3. The van der Waals surface area contributed by atoms with Crippen LogP contribution in [0.2, 0.25) is 0 Å². The monoisotopic (exact) mass is 331 g/mol. The third kappa shape index (κ3) is 5.66. The third-order valence-electron chi connectivity index (χ3n) is 3.78. The third-order valence-corrected chi connectivity index (χ3v) is 3.78. The van der Waals surface area contributed by atoms with Crippen LogP contribution in [0.3, 0.4) is 0 Å². The summed E-state index contributed by atoms with van der Waals surface area (Å²) in [6.07, 6.45) is 6.09. The summed E-state index contributed by atoms with van der Waals surface area (Å²) in [7, 11) is 0. The van der Waals surface area contributed by atoms with Crippen molar-refractivity contribution in [3.63, 3.8) is 0 Å². The van der Waals surface area contributed by atoms with E-state index in [4.69, 9.17) is 5.11 Å². The van der Waals surface area contributed by atoms with Crippen molar-refractivity contribution < 1.29 is 9.90 Å². The van der Waals surface area contributed by atoms with E-state index in [2.05, 4.69) is 27.6 Å². The van der Waals surface area contributed by atoms with E-state index in [1.807, 2.05) is 18.2 Å². The van der Waals surface area contributed by atoms with E-state index in [0.717, 1.165) is 18.5 Å². The van der Waals surface area contributed by atoms with Gasteiger partial charge in [0, 0.05) is 25.4 Å². The van der Waals surface area contributed by atoms with Crippen LogP contribution in [0.1, 0.15) is 31.9 Å². The minimum atomic E-state index is -0.267. The van der Waals surface area contributed by atoms with Crippen molar-refractivity contribution in [3.8, 4) is 0 Å². The lowest BCUT2D eigenvalue weighted by Crippen LogP contribution is -2.34. The molecule has 0 aromatic carbocycles. The van der Waals surface area contributed by atoms with Gasteiger partial charge in [-0.25, -0.2) is 9.48 Å². The van der Waals surface area contributed by atoms with Crippen LogP contribution in [0.5, 0.6) is 0 Å². The van der Waals surface area contributed by atoms with E-state index in [1.165, 1.54) is 0 Å². The predicted molar refractivity (Wildman–Crippen MR) is 92.7 cm³/mol.